The molecule has 0 bridgehead atoms. The second kappa shape index (κ2) is 7.75. The molecule has 31 heavy (non-hydrogen) atoms. The second-order valence-electron chi connectivity index (χ2n) is 6.71. The van der Waals surface area contributed by atoms with Crippen LogP contribution in [-0.4, -0.2) is 24.0 Å². The third kappa shape index (κ3) is 3.39. The van der Waals surface area contributed by atoms with Crippen LogP contribution in [0.2, 0.25) is 0 Å². The first-order chi connectivity index (χ1) is 14.9. The Morgan fingerprint density at radius 1 is 0.839 bits per heavy atom. The van der Waals surface area contributed by atoms with Crippen LogP contribution in [0.5, 0.6) is 5.88 Å². The van der Waals surface area contributed by atoms with Crippen LogP contribution in [0.1, 0.15) is 5.69 Å². The minimum atomic E-state index is -0.921. The molecule has 0 atom stereocenters. The Hall–Kier alpha value is -4.47. The van der Waals surface area contributed by atoms with E-state index in [-0.39, 0.29) is 5.69 Å². The van der Waals surface area contributed by atoms with E-state index in [0.717, 1.165) is 4.57 Å². The fourth-order valence-electron chi connectivity index (χ4n) is 3.19. The molecule has 0 unspecified atom stereocenters. The third-order valence-corrected chi connectivity index (χ3v) is 4.85. The molecule has 0 amide bonds. The maximum atomic E-state index is 12.9. The van der Waals surface area contributed by atoms with E-state index >= 15 is 0 Å². The number of aromatic hydroxyl groups is 1. The number of para-hydroxylation sites is 2. The number of azo groups is 1. The van der Waals surface area contributed by atoms with Crippen molar-refractivity contribution in [3.63, 3.8) is 0 Å². The van der Waals surface area contributed by atoms with Gasteiger partial charge in [0.1, 0.15) is 0 Å². The summed E-state index contributed by atoms with van der Waals surface area (Å²) in [7, 11) is 1.70. The lowest BCUT2D eigenvalue weighted by Gasteiger charge is -2.08. The Kier molecular flexibility index (Phi) is 4.96. The molecule has 0 saturated carbocycles. The van der Waals surface area contributed by atoms with Gasteiger partial charge in [-0.05, 0) is 31.2 Å². The SMILES string of the molecule is Cc1c(N=Nc2c(O)n(-c3ccccc3)c(=O)[nH]c2=O)c(=O)n(-c2ccccc2)n1C. The summed E-state index contributed by atoms with van der Waals surface area (Å²) in [5.41, 5.74) is -1.20. The van der Waals surface area contributed by atoms with Gasteiger partial charge in [0.15, 0.2) is 5.69 Å². The molecular formula is C21H18N6O4. The summed E-state index contributed by atoms with van der Waals surface area (Å²) < 4.78 is 3.93. The summed E-state index contributed by atoms with van der Waals surface area (Å²) in [6.45, 7) is 1.68. The van der Waals surface area contributed by atoms with Crippen LogP contribution in [0.4, 0.5) is 11.4 Å². The number of hydrogen-bond acceptors (Lipinski definition) is 6. The maximum absolute atomic E-state index is 12.9. The molecule has 0 fully saturated rings. The van der Waals surface area contributed by atoms with E-state index in [1.165, 1.54) is 4.68 Å². The van der Waals surface area contributed by atoms with E-state index in [9.17, 15) is 19.5 Å². The van der Waals surface area contributed by atoms with Crippen molar-refractivity contribution in [2.75, 3.05) is 0 Å². The van der Waals surface area contributed by atoms with Gasteiger partial charge in [-0.1, -0.05) is 36.4 Å². The summed E-state index contributed by atoms with van der Waals surface area (Å²) in [5, 5.41) is 18.3. The van der Waals surface area contributed by atoms with Gasteiger partial charge in [0.2, 0.25) is 11.6 Å². The molecule has 4 aromatic rings. The van der Waals surface area contributed by atoms with E-state index in [1.54, 1.807) is 73.3 Å². The number of H-pyrrole nitrogens is 1. The molecule has 4 rings (SSSR count). The smallest absolute Gasteiger partial charge is 0.335 e. The summed E-state index contributed by atoms with van der Waals surface area (Å²) in [6.07, 6.45) is 0. The van der Waals surface area contributed by atoms with E-state index in [2.05, 4.69) is 15.2 Å². The lowest BCUT2D eigenvalue weighted by atomic mass is 10.3. The third-order valence-electron chi connectivity index (χ3n) is 4.85. The Morgan fingerprint density at radius 2 is 1.39 bits per heavy atom. The Bertz CT molecular complexity index is 1460. The van der Waals surface area contributed by atoms with Crippen molar-refractivity contribution in [3.8, 4) is 17.3 Å². The highest BCUT2D eigenvalue weighted by molar-refractivity contribution is 5.50. The number of hydrogen-bond donors (Lipinski definition) is 2. The van der Waals surface area contributed by atoms with E-state index in [4.69, 9.17) is 0 Å². The molecule has 0 saturated heterocycles. The molecule has 2 aromatic heterocycles. The zero-order valence-corrected chi connectivity index (χ0v) is 16.7. The Labute approximate surface area is 175 Å². The number of benzene rings is 2. The van der Waals surface area contributed by atoms with Crippen LogP contribution < -0.4 is 16.8 Å². The van der Waals surface area contributed by atoms with Gasteiger partial charge in [-0.2, -0.15) is 0 Å². The van der Waals surface area contributed by atoms with E-state index < -0.39 is 28.4 Å². The average Bonchev–Trinajstić information content (AvgIpc) is 2.97. The fraction of sp³-hybridized carbons (Fsp3) is 0.0952. The predicted molar refractivity (Wildman–Crippen MR) is 114 cm³/mol. The van der Waals surface area contributed by atoms with E-state index in [1.807, 2.05) is 6.07 Å². The molecule has 0 aliphatic carbocycles. The van der Waals surface area contributed by atoms with Crippen LogP contribution in [0, 0.1) is 6.92 Å². The van der Waals surface area contributed by atoms with Crippen molar-refractivity contribution in [2.45, 2.75) is 6.92 Å². The van der Waals surface area contributed by atoms with Gasteiger partial charge in [0.25, 0.3) is 11.1 Å². The van der Waals surface area contributed by atoms with Crippen molar-refractivity contribution in [3.05, 3.63) is 97.5 Å². The average molecular weight is 418 g/mol. The minimum Gasteiger partial charge on any atom is -0.492 e. The summed E-state index contributed by atoms with van der Waals surface area (Å²) in [5.74, 6) is -0.680. The maximum Gasteiger partial charge on any atom is 0.335 e. The quantitative estimate of drug-likeness (QED) is 0.494. The highest BCUT2D eigenvalue weighted by atomic mass is 16.3. The summed E-state index contributed by atoms with van der Waals surface area (Å²) in [6, 6.07) is 17.2. The number of aromatic amines is 1. The molecule has 0 aliphatic heterocycles. The molecule has 2 N–H and O–H groups in total. The first-order valence-corrected chi connectivity index (χ1v) is 9.29. The number of rotatable bonds is 4. The number of nitrogens with zero attached hydrogens (tertiary/aromatic N) is 5. The first-order valence-electron chi connectivity index (χ1n) is 9.29. The number of nitrogens with one attached hydrogen (secondary N) is 1. The molecule has 0 aliphatic rings. The fourth-order valence-corrected chi connectivity index (χ4v) is 3.19. The van der Waals surface area contributed by atoms with Gasteiger partial charge in [-0.15, -0.1) is 10.2 Å². The molecular weight excluding hydrogens is 400 g/mol. The van der Waals surface area contributed by atoms with Gasteiger partial charge in [-0.3, -0.25) is 19.3 Å². The second-order valence-corrected chi connectivity index (χ2v) is 6.71. The molecule has 0 spiro atoms. The van der Waals surface area contributed by atoms with Gasteiger partial charge >= 0.3 is 5.69 Å². The van der Waals surface area contributed by atoms with Crippen LogP contribution >= 0.6 is 0 Å². The highest BCUT2D eigenvalue weighted by Crippen LogP contribution is 2.25. The highest BCUT2D eigenvalue weighted by Gasteiger charge is 2.18. The van der Waals surface area contributed by atoms with Crippen LogP contribution in [0.3, 0.4) is 0 Å². The predicted octanol–water partition coefficient (Wildman–Crippen LogP) is 2.44. The van der Waals surface area contributed by atoms with Crippen LogP contribution in [-0.2, 0) is 7.05 Å². The monoisotopic (exact) mass is 418 g/mol. The zero-order valence-electron chi connectivity index (χ0n) is 16.7. The zero-order chi connectivity index (χ0) is 22.1. The molecule has 10 heteroatoms. The topological polar surface area (TPSA) is 127 Å². The molecule has 2 aromatic carbocycles. The Morgan fingerprint density at radius 3 is 2.00 bits per heavy atom. The molecule has 2 heterocycles. The van der Waals surface area contributed by atoms with Crippen molar-refractivity contribution in [1.29, 1.82) is 0 Å². The van der Waals surface area contributed by atoms with Gasteiger partial charge < -0.3 is 5.11 Å². The normalized spacial score (nSPS) is 11.3. The standard InChI is InChI=1S/C21H18N6O4/c1-13-16(20(30)27(25(13)2)15-11-7-4-8-12-15)23-24-17-18(28)22-21(31)26(19(17)29)14-9-5-3-6-10-14/h3-12,29H,1-2H3,(H,22,28,31). The molecule has 0 radical (unpaired) electrons. The van der Waals surface area contributed by atoms with Crippen molar-refractivity contribution >= 4 is 11.4 Å². The lowest BCUT2D eigenvalue weighted by molar-refractivity contribution is 0.432. The van der Waals surface area contributed by atoms with Gasteiger partial charge in [0.05, 0.1) is 17.1 Å². The van der Waals surface area contributed by atoms with Gasteiger partial charge in [-0.25, -0.2) is 14.0 Å². The van der Waals surface area contributed by atoms with E-state index in [0.29, 0.717) is 17.1 Å². The number of aromatic nitrogens is 4. The first kappa shape index (κ1) is 19.8. The van der Waals surface area contributed by atoms with Crippen molar-refractivity contribution < 1.29 is 5.11 Å². The van der Waals surface area contributed by atoms with Crippen LogP contribution in [0.15, 0.2) is 85.3 Å². The minimum absolute atomic E-state index is 0.00242. The van der Waals surface area contributed by atoms with Crippen LogP contribution in [0.25, 0.3) is 11.4 Å². The van der Waals surface area contributed by atoms with Crippen molar-refractivity contribution in [2.24, 2.45) is 17.3 Å². The van der Waals surface area contributed by atoms with Crippen molar-refractivity contribution in [1.82, 2.24) is 18.9 Å². The Balaban J connectivity index is 1.85. The summed E-state index contributed by atoms with van der Waals surface area (Å²) >= 11 is 0. The lowest BCUT2D eigenvalue weighted by Crippen LogP contribution is -2.28. The summed E-state index contributed by atoms with van der Waals surface area (Å²) in [4.78, 5) is 39.5. The largest absolute Gasteiger partial charge is 0.492 e. The molecule has 156 valence electrons. The molecule has 10 nitrogen and oxygen atoms in total. The van der Waals surface area contributed by atoms with Gasteiger partial charge in [0, 0.05) is 7.05 Å².